The molecule has 0 aromatic carbocycles. The summed E-state index contributed by atoms with van der Waals surface area (Å²) in [6.07, 6.45) is 0.244. The zero-order chi connectivity index (χ0) is 12.6. The maximum absolute atomic E-state index is 11.0. The van der Waals surface area contributed by atoms with Gasteiger partial charge in [0.15, 0.2) is 0 Å². The van der Waals surface area contributed by atoms with E-state index in [2.05, 4.69) is 5.32 Å². The molecule has 0 saturated heterocycles. The van der Waals surface area contributed by atoms with Crippen molar-refractivity contribution < 1.29 is 23.1 Å². The second-order valence-electron chi connectivity index (χ2n) is 2.96. The summed E-state index contributed by atoms with van der Waals surface area (Å²) in [4.78, 5) is 21.2. The van der Waals surface area contributed by atoms with Crippen molar-refractivity contribution in [3.8, 4) is 0 Å². The van der Waals surface area contributed by atoms with Gasteiger partial charge in [-0.2, -0.15) is 0 Å². The Labute approximate surface area is 97.8 Å². The lowest BCUT2D eigenvalue weighted by atomic mass is 10.5. The highest BCUT2D eigenvalue weighted by molar-refractivity contribution is 8.00. The Balaban J connectivity index is 3.48. The number of carbonyl (C=O) groups excluding carboxylic acids is 1. The molecule has 0 aromatic heterocycles. The molecule has 4 N–H and O–H groups in total. The van der Waals surface area contributed by atoms with E-state index in [0.29, 0.717) is 0 Å². The van der Waals surface area contributed by atoms with Gasteiger partial charge in [0.05, 0.1) is 17.3 Å². The molecule has 0 aliphatic rings. The van der Waals surface area contributed by atoms with Crippen molar-refractivity contribution in [1.82, 2.24) is 5.32 Å². The molecule has 1 amide bonds. The largest absolute Gasteiger partial charge is 0.481 e. The third-order valence-electron chi connectivity index (χ3n) is 1.39. The van der Waals surface area contributed by atoms with Crippen molar-refractivity contribution >= 4 is 33.7 Å². The molecule has 0 saturated carbocycles. The minimum Gasteiger partial charge on any atom is -0.481 e. The van der Waals surface area contributed by atoms with E-state index in [0.717, 1.165) is 11.8 Å². The average Bonchev–Trinajstić information content (AvgIpc) is 2.10. The van der Waals surface area contributed by atoms with Gasteiger partial charge in [0.2, 0.25) is 15.9 Å². The van der Waals surface area contributed by atoms with Crippen LogP contribution in [0.4, 0.5) is 0 Å². The van der Waals surface area contributed by atoms with Crippen LogP contribution in [0.5, 0.6) is 0 Å². The summed E-state index contributed by atoms with van der Waals surface area (Å²) in [5.74, 6) is -1.57. The predicted molar refractivity (Wildman–Crippen MR) is 60.6 cm³/mol. The minimum atomic E-state index is -3.48. The Hall–Kier alpha value is -0.800. The number of nitrogens with one attached hydrogen (secondary N) is 1. The van der Waals surface area contributed by atoms with Gasteiger partial charge in [-0.05, 0) is 6.42 Å². The fourth-order valence-corrected chi connectivity index (χ4v) is 1.89. The van der Waals surface area contributed by atoms with E-state index in [9.17, 15) is 18.0 Å². The van der Waals surface area contributed by atoms with Crippen molar-refractivity contribution in [1.29, 1.82) is 0 Å². The highest BCUT2D eigenvalue weighted by atomic mass is 32.2. The molecule has 0 heterocycles. The first-order valence-corrected chi connectivity index (χ1v) is 7.25. The molecule has 0 aliphatic heterocycles. The van der Waals surface area contributed by atoms with E-state index in [1.807, 2.05) is 0 Å². The number of thioether (sulfide) groups is 1. The number of nitrogens with two attached hydrogens (primary N) is 1. The van der Waals surface area contributed by atoms with E-state index < -0.39 is 16.0 Å². The van der Waals surface area contributed by atoms with Gasteiger partial charge in [-0.3, -0.25) is 9.59 Å². The molecule has 0 atom stereocenters. The van der Waals surface area contributed by atoms with Crippen LogP contribution in [0, 0.1) is 0 Å². The molecule has 0 spiro atoms. The minimum absolute atomic E-state index is 0.0433. The van der Waals surface area contributed by atoms with Crippen molar-refractivity contribution in [2.24, 2.45) is 5.14 Å². The Bertz CT molecular complexity index is 341. The lowest BCUT2D eigenvalue weighted by Crippen LogP contribution is -2.28. The lowest BCUT2D eigenvalue weighted by molar-refractivity contribution is -0.133. The predicted octanol–water partition coefficient (Wildman–Crippen LogP) is -1.40. The highest BCUT2D eigenvalue weighted by Gasteiger charge is 2.05. The van der Waals surface area contributed by atoms with Crippen LogP contribution in [-0.2, 0) is 19.6 Å². The number of sulfonamides is 1. The molecule has 0 unspecified atom stereocenters. The van der Waals surface area contributed by atoms with E-state index in [1.54, 1.807) is 0 Å². The fourth-order valence-electron chi connectivity index (χ4n) is 0.783. The van der Waals surface area contributed by atoms with Crippen LogP contribution >= 0.6 is 11.8 Å². The molecule has 7 nitrogen and oxygen atoms in total. The normalized spacial score (nSPS) is 11.1. The Morgan fingerprint density at radius 3 is 2.44 bits per heavy atom. The van der Waals surface area contributed by atoms with E-state index in [4.69, 9.17) is 10.2 Å². The molecular formula is C7H14N2O5S2. The lowest BCUT2D eigenvalue weighted by Gasteiger charge is -2.03. The van der Waals surface area contributed by atoms with Crippen LogP contribution in [0.3, 0.4) is 0 Å². The SMILES string of the molecule is NS(=O)(=O)CCCNC(=O)CSCC(=O)O. The first-order valence-electron chi connectivity index (χ1n) is 4.38. The number of carboxylic acid groups (broad SMARTS) is 1. The summed E-state index contributed by atoms with van der Waals surface area (Å²) < 4.78 is 21.0. The first-order chi connectivity index (χ1) is 7.31. The van der Waals surface area contributed by atoms with Gasteiger partial charge in [0.1, 0.15) is 0 Å². The average molecular weight is 270 g/mol. The van der Waals surface area contributed by atoms with Crippen molar-refractivity contribution in [3.05, 3.63) is 0 Å². The van der Waals surface area contributed by atoms with Gasteiger partial charge in [-0.15, -0.1) is 11.8 Å². The standard InChI is InChI=1S/C7H14N2O5S2/c8-16(13,14)3-1-2-9-6(10)4-15-5-7(11)12/h1-5H2,(H,9,10)(H,11,12)(H2,8,13,14). The van der Waals surface area contributed by atoms with Crippen LogP contribution in [0.1, 0.15) is 6.42 Å². The maximum Gasteiger partial charge on any atom is 0.313 e. The first kappa shape index (κ1) is 15.2. The number of rotatable bonds is 8. The molecule has 0 aliphatic carbocycles. The molecule has 16 heavy (non-hydrogen) atoms. The van der Waals surface area contributed by atoms with Crippen LogP contribution < -0.4 is 10.5 Å². The topological polar surface area (TPSA) is 127 Å². The summed E-state index contributed by atoms with van der Waals surface area (Å²) >= 11 is 0.979. The van der Waals surface area contributed by atoms with Crippen molar-refractivity contribution in [2.75, 3.05) is 23.8 Å². The summed E-state index contributed by atoms with van der Waals surface area (Å²) in [5.41, 5.74) is 0. The molecule has 94 valence electrons. The fraction of sp³-hybridized carbons (Fsp3) is 0.714. The molecule has 0 bridgehead atoms. The van der Waals surface area contributed by atoms with Crippen LogP contribution in [-0.4, -0.2) is 49.2 Å². The van der Waals surface area contributed by atoms with Crippen LogP contribution in [0.2, 0.25) is 0 Å². The number of hydrogen-bond acceptors (Lipinski definition) is 5. The van der Waals surface area contributed by atoms with Gasteiger partial charge in [-0.1, -0.05) is 0 Å². The van der Waals surface area contributed by atoms with E-state index >= 15 is 0 Å². The smallest absolute Gasteiger partial charge is 0.313 e. The molecule has 0 aromatic rings. The second kappa shape index (κ2) is 7.47. The second-order valence-corrected chi connectivity index (χ2v) is 5.68. The van der Waals surface area contributed by atoms with Gasteiger partial charge in [0, 0.05) is 6.54 Å². The number of aliphatic carboxylic acids is 1. The van der Waals surface area contributed by atoms with Gasteiger partial charge in [-0.25, -0.2) is 13.6 Å². The Morgan fingerprint density at radius 1 is 1.31 bits per heavy atom. The van der Waals surface area contributed by atoms with E-state index in [1.165, 1.54) is 0 Å². The maximum atomic E-state index is 11.0. The molecule has 0 fully saturated rings. The number of carbonyl (C=O) groups is 2. The monoisotopic (exact) mass is 270 g/mol. The quantitative estimate of drug-likeness (QED) is 0.465. The van der Waals surface area contributed by atoms with Gasteiger partial charge >= 0.3 is 5.97 Å². The van der Waals surface area contributed by atoms with Crippen molar-refractivity contribution in [3.63, 3.8) is 0 Å². The number of carboxylic acids is 1. The number of amides is 1. The summed E-state index contributed by atoms with van der Waals surface area (Å²) in [7, 11) is -3.48. The van der Waals surface area contributed by atoms with Crippen LogP contribution in [0.25, 0.3) is 0 Å². The zero-order valence-electron chi connectivity index (χ0n) is 8.51. The summed E-state index contributed by atoms with van der Waals surface area (Å²) in [6, 6.07) is 0. The molecule has 0 radical (unpaired) electrons. The summed E-state index contributed by atoms with van der Waals surface area (Å²) in [6.45, 7) is 0.211. The molecule has 0 rings (SSSR count). The number of hydrogen-bond donors (Lipinski definition) is 3. The number of primary sulfonamides is 1. The molecule has 9 heteroatoms. The summed E-state index contributed by atoms with van der Waals surface area (Å²) in [5, 5.41) is 15.5. The van der Waals surface area contributed by atoms with Crippen molar-refractivity contribution in [2.45, 2.75) is 6.42 Å². The Kier molecular flexibility index (Phi) is 7.10. The van der Waals surface area contributed by atoms with E-state index in [-0.39, 0.29) is 36.1 Å². The zero-order valence-corrected chi connectivity index (χ0v) is 10.1. The van der Waals surface area contributed by atoms with Gasteiger partial charge in [0.25, 0.3) is 0 Å². The Morgan fingerprint density at radius 2 is 1.94 bits per heavy atom. The van der Waals surface area contributed by atoms with Crippen LogP contribution in [0.15, 0.2) is 0 Å². The molecular weight excluding hydrogens is 256 g/mol. The highest BCUT2D eigenvalue weighted by Crippen LogP contribution is 1.97. The third kappa shape index (κ3) is 11.3. The third-order valence-corrected chi connectivity index (χ3v) is 3.16. The van der Waals surface area contributed by atoms with Gasteiger partial charge < -0.3 is 10.4 Å².